The molecule has 0 aliphatic carbocycles. The van der Waals surface area contributed by atoms with Crippen LogP contribution >= 0.6 is 0 Å². The van der Waals surface area contributed by atoms with Crippen molar-refractivity contribution in [2.24, 2.45) is 0 Å². The molecular formula is C19H13FN2O2. The van der Waals surface area contributed by atoms with Crippen molar-refractivity contribution in [2.45, 2.75) is 0 Å². The third-order valence-electron chi connectivity index (χ3n) is 3.68. The molecule has 3 rings (SSSR count). The monoisotopic (exact) mass is 320 g/mol. The lowest BCUT2D eigenvalue weighted by Gasteiger charge is -2.01. The summed E-state index contributed by atoms with van der Waals surface area (Å²) in [5, 5.41) is 10.0. The Balaban J connectivity index is 2.03. The van der Waals surface area contributed by atoms with Gasteiger partial charge >= 0.3 is 0 Å². The summed E-state index contributed by atoms with van der Waals surface area (Å²) in [6.45, 7) is 0. The third kappa shape index (κ3) is 2.90. The highest BCUT2D eigenvalue weighted by molar-refractivity contribution is 6.20. The van der Waals surface area contributed by atoms with Crippen LogP contribution in [0.25, 0.3) is 17.0 Å². The van der Waals surface area contributed by atoms with Gasteiger partial charge in [0.15, 0.2) is 0 Å². The number of Topliss-reactive ketones (excluding diaryl/α,β-unsaturated/α-hetero) is 1. The number of fused-ring (bicyclic) bond motifs is 1. The van der Waals surface area contributed by atoms with Crippen molar-refractivity contribution in [1.29, 1.82) is 5.26 Å². The highest BCUT2D eigenvalue weighted by Gasteiger charge is 2.17. The van der Waals surface area contributed by atoms with E-state index in [4.69, 9.17) is 4.74 Å². The Morgan fingerprint density at radius 3 is 2.67 bits per heavy atom. The standard InChI is InChI=1S/C19H13FN2O2/c1-24-15-6-7-18-16(9-15)17(11-22-18)19(23)13(10-21)8-12-2-4-14(20)5-3-12/h2-9,11,22H,1H3/b13-8-. The molecule has 0 radical (unpaired) electrons. The maximum atomic E-state index is 13.0. The molecule has 0 saturated heterocycles. The van der Waals surface area contributed by atoms with Crippen LogP contribution in [0.3, 0.4) is 0 Å². The van der Waals surface area contributed by atoms with Crippen LogP contribution in [0.2, 0.25) is 0 Å². The van der Waals surface area contributed by atoms with Crippen molar-refractivity contribution < 1.29 is 13.9 Å². The molecular weight excluding hydrogens is 307 g/mol. The lowest BCUT2D eigenvalue weighted by molar-refractivity contribution is 0.104. The predicted molar refractivity (Wildman–Crippen MR) is 89.2 cm³/mol. The first kappa shape index (κ1) is 15.5. The van der Waals surface area contributed by atoms with Gasteiger partial charge in [-0.1, -0.05) is 12.1 Å². The molecule has 1 heterocycles. The zero-order valence-electron chi connectivity index (χ0n) is 12.8. The van der Waals surface area contributed by atoms with E-state index in [-0.39, 0.29) is 11.4 Å². The van der Waals surface area contributed by atoms with E-state index in [9.17, 15) is 14.4 Å². The summed E-state index contributed by atoms with van der Waals surface area (Å²) in [6, 6.07) is 12.8. The molecule has 0 spiro atoms. The Kier molecular flexibility index (Phi) is 4.13. The average Bonchev–Trinajstić information content (AvgIpc) is 3.03. The third-order valence-corrected chi connectivity index (χ3v) is 3.68. The number of benzene rings is 2. The van der Waals surface area contributed by atoms with Crippen molar-refractivity contribution >= 4 is 22.8 Å². The SMILES string of the molecule is COc1ccc2[nH]cc(C(=O)/C(C#N)=C\c3ccc(F)cc3)c2c1. The van der Waals surface area contributed by atoms with Crippen LogP contribution in [-0.2, 0) is 0 Å². The van der Waals surface area contributed by atoms with Crippen molar-refractivity contribution in [1.82, 2.24) is 4.98 Å². The first-order chi connectivity index (χ1) is 11.6. The zero-order valence-corrected chi connectivity index (χ0v) is 12.8. The smallest absolute Gasteiger partial charge is 0.205 e. The number of methoxy groups -OCH3 is 1. The minimum absolute atomic E-state index is 0.0228. The Labute approximate surface area is 137 Å². The molecule has 0 bridgehead atoms. The second-order valence-electron chi connectivity index (χ2n) is 5.16. The van der Waals surface area contributed by atoms with Crippen LogP contribution in [-0.4, -0.2) is 17.9 Å². The number of halogens is 1. The maximum Gasteiger partial charge on any atom is 0.205 e. The van der Waals surface area contributed by atoms with E-state index in [1.54, 1.807) is 31.5 Å². The van der Waals surface area contributed by atoms with E-state index in [2.05, 4.69) is 4.98 Å². The van der Waals surface area contributed by atoms with Gasteiger partial charge in [-0.25, -0.2) is 4.39 Å². The maximum absolute atomic E-state index is 13.0. The number of nitriles is 1. The number of H-pyrrole nitrogens is 1. The minimum atomic E-state index is -0.402. The average molecular weight is 320 g/mol. The predicted octanol–water partition coefficient (Wildman–Crippen LogP) is 4.11. The molecule has 24 heavy (non-hydrogen) atoms. The molecule has 3 aromatic rings. The number of carbonyl (C=O) groups excluding carboxylic acids is 1. The second-order valence-corrected chi connectivity index (χ2v) is 5.16. The van der Waals surface area contributed by atoms with Gasteiger partial charge in [0.25, 0.3) is 0 Å². The number of ketones is 1. The van der Waals surface area contributed by atoms with Crippen molar-refractivity contribution in [3.63, 3.8) is 0 Å². The summed E-state index contributed by atoms with van der Waals surface area (Å²) in [5.41, 5.74) is 1.72. The number of aromatic nitrogens is 1. The summed E-state index contributed by atoms with van der Waals surface area (Å²) in [7, 11) is 1.55. The van der Waals surface area contributed by atoms with Crippen molar-refractivity contribution in [2.75, 3.05) is 7.11 Å². The number of nitrogens with one attached hydrogen (secondary N) is 1. The van der Waals surface area contributed by atoms with Gasteiger partial charge in [0.2, 0.25) is 5.78 Å². The zero-order chi connectivity index (χ0) is 17.1. The number of hydrogen-bond donors (Lipinski definition) is 1. The first-order valence-electron chi connectivity index (χ1n) is 7.19. The molecule has 0 unspecified atom stereocenters. The molecule has 5 heteroatoms. The second kappa shape index (κ2) is 6.39. The normalized spacial score (nSPS) is 11.3. The number of ether oxygens (including phenoxy) is 1. The van der Waals surface area contributed by atoms with Crippen molar-refractivity contribution in [3.8, 4) is 11.8 Å². The van der Waals surface area contributed by atoms with E-state index < -0.39 is 5.78 Å². The highest BCUT2D eigenvalue weighted by atomic mass is 19.1. The fourth-order valence-corrected chi connectivity index (χ4v) is 2.43. The van der Waals surface area contributed by atoms with Crippen LogP contribution in [0.4, 0.5) is 4.39 Å². The molecule has 118 valence electrons. The van der Waals surface area contributed by atoms with Gasteiger partial charge in [-0.15, -0.1) is 0 Å². The summed E-state index contributed by atoms with van der Waals surface area (Å²) >= 11 is 0. The molecule has 4 nitrogen and oxygen atoms in total. The molecule has 0 fully saturated rings. The van der Waals surface area contributed by atoms with Crippen LogP contribution in [0, 0.1) is 17.1 Å². The fourth-order valence-electron chi connectivity index (χ4n) is 2.43. The van der Waals surface area contributed by atoms with E-state index in [0.29, 0.717) is 22.3 Å². The molecule has 0 aliphatic rings. The number of hydrogen-bond acceptors (Lipinski definition) is 3. The van der Waals surface area contributed by atoms with Crippen LogP contribution in [0.1, 0.15) is 15.9 Å². The van der Waals surface area contributed by atoms with Crippen LogP contribution in [0.15, 0.2) is 54.2 Å². The van der Waals surface area contributed by atoms with E-state index in [0.717, 1.165) is 5.52 Å². The number of allylic oxidation sites excluding steroid dienone is 1. The summed E-state index contributed by atoms with van der Waals surface area (Å²) in [5.74, 6) is -0.154. The van der Waals surface area contributed by atoms with Gasteiger partial charge < -0.3 is 9.72 Å². The molecule has 0 atom stereocenters. The lowest BCUT2D eigenvalue weighted by Crippen LogP contribution is -2.01. The van der Waals surface area contributed by atoms with Gasteiger partial charge in [0.05, 0.1) is 7.11 Å². The van der Waals surface area contributed by atoms with Crippen molar-refractivity contribution in [3.05, 3.63) is 71.2 Å². The van der Waals surface area contributed by atoms with Crippen LogP contribution < -0.4 is 4.74 Å². The molecule has 0 amide bonds. The van der Waals surface area contributed by atoms with Gasteiger partial charge in [0.1, 0.15) is 23.2 Å². The number of carbonyl (C=O) groups is 1. The molecule has 2 aromatic carbocycles. The Bertz CT molecular complexity index is 979. The number of aromatic amines is 1. The van der Waals surface area contributed by atoms with E-state index >= 15 is 0 Å². The molecule has 1 N–H and O–H groups in total. The lowest BCUT2D eigenvalue weighted by atomic mass is 10.0. The quantitative estimate of drug-likeness (QED) is 0.447. The van der Waals surface area contributed by atoms with E-state index in [1.807, 2.05) is 6.07 Å². The fraction of sp³-hybridized carbons (Fsp3) is 0.0526. The largest absolute Gasteiger partial charge is 0.497 e. The Hall–Kier alpha value is -3.39. The highest BCUT2D eigenvalue weighted by Crippen LogP contribution is 2.25. The molecule has 0 aliphatic heterocycles. The van der Waals surface area contributed by atoms with E-state index in [1.165, 1.54) is 30.3 Å². The summed E-state index contributed by atoms with van der Waals surface area (Å²) in [4.78, 5) is 15.7. The van der Waals surface area contributed by atoms with Gasteiger partial charge in [0, 0.05) is 22.7 Å². The molecule has 1 aromatic heterocycles. The summed E-state index contributed by atoms with van der Waals surface area (Å²) < 4.78 is 18.1. The number of nitrogens with zero attached hydrogens (tertiary/aromatic N) is 1. The first-order valence-corrected chi connectivity index (χ1v) is 7.19. The van der Waals surface area contributed by atoms with Gasteiger partial charge in [-0.3, -0.25) is 4.79 Å². The van der Waals surface area contributed by atoms with Crippen LogP contribution in [0.5, 0.6) is 5.75 Å². The molecule has 0 saturated carbocycles. The van der Waals surface area contributed by atoms with Gasteiger partial charge in [-0.05, 0) is 42.0 Å². The Morgan fingerprint density at radius 1 is 1.25 bits per heavy atom. The Morgan fingerprint density at radius 2 is 2.00 bits per heavy atom. The minimum Gasteiger partial charge on any atom is -0.497 e. The van der Waals surface area contributed by atoms with Gasteiger partial charge in [-0.2, -0.15) is 5.26 Å². The summed E-state index contributed by atoms with van der Waals surface area (Å²) in [6.07, 6.45) is 3.02. The topological polar surface area (TPSA) is 65.9 Å². The number of rotatable bonds is 4.